The van der Waals surface area contributed by atoms with E-state index in [0.29, 0.717) is 4.09 Å². The fourth-order valence-corrected chi connectivity index (χ4v) is 1.68. The molecule has 0 saturated heterocycles. The molecule has 0 fully saturated rings. The van der Waals surface area contributed by atoms with Crippen molar-refractivity contribution >= 4 is 16.3 Å². The van der Waals surface area contributed by atoms with Crippen LogP contribution >= 0.6 is 0 Å². The molecule has 1 amide bonds. The van der Waals surface area contributed by atoms with Crippen molar-refractivity contribution in [3.63, 3.8) is 0 Å². The Morgan fingerprint density at radius 2 is 2.18 bits per heavy atom. The average Bonchev–Trinajstić information content (AvgIpc) is 2.65. The van der Waals surface area contributed by atoms with Gasteiger partial charge >= 0.3 is 16.3 Å². The van der Waals surface area contributed by atoms with Crippen LogP contribution in [-0.2, 0) is 10.2 Å². The third-order valence-corrected chi connectivity index (χ3v) is 3.49. The third-order valence-electron chi connectivity index (χ3n) is 1.91. The minimum atomic E-state index is -3.72. The Balaban J connectivity index is 2.97. The SMILES string of the molecule is CC(NC(=O)O)c1ncn(S(=O)(=O)N(C)C)n1. The Hall–Kier alpha value is -1.68. The second-order valence-electron chi connectivity index (χ2n) is 3.44. The van der Waals surface area contributed by atoms with Crippen LogP contribution in [0.5, 0.6) is 0 Å². The molecular weight excluding hydrogens is 250 g/mol. The van der Waals surface area contributed by atoms with Crippen LogP contribution in [0, 0.1) is 0 Å². The first-order chi connectivity index (χ1) is 7.75. The molecule has 9 nitrogen and oxygen atoms in total. The fourth-order valence-electron chi connectivity index (χ4n) is 0.988. The van der Waals surface area contributed by atoms with Gasteiger partial charge in [0.2, 0.25) is 0 Å². The molecule has 96 valence electrons. The summed E-state index contributed by atoms with van der Waals surface area (Å²) in [6, 6.07) is -0.689. The maximum absolute atomic E-state index is 11.6. The zero-order valence-electron chi connectivity index (χ0n) is 9.52. The van der Waals surface area contributed by atoms with Crippen LogP contribution in [0.25, 0.3) is 0 Å². The lowest BCUT2D eigenvalue weighted by Gasteiger charge is -2.10. The highest BCUT2D eigenvalue weighted by Gasteiger charge is 2.20. The highest BCUT2D eigenvalue weighted by molar-refractivity contribution is 7.87. The Morgan fingerprint density at radius 3 is 2.65 bits per heavy atom. The van der Waals surface area contributed by atoms with Crippen molar-refractivity contribution in [1.82, 2.24) is 23.8 Å². The Labute approximate surface area is 98.2 Å². The number of carboxylic acid groups (broad SMARTS) is 1. The van der Waals surface area contributed by atoms with Gasteiger partial charge in [-0.15, -0.1) is 9.19 Å². The molecule has 0 radical (unpaired) electrons. The second kappa shape index (κ2) is 4.67. The summed E-state index contributed by atoms with van der Waals surface area (Å²) in [5.41, 5.74) is 0. The van der Waals surface area contributed by atoms with Crippen molar-refractivity contribution in [2.75, 3.05) is 14.1 Å². The zero-order valence-corrected chi connectivity index (χ0v) is 10.3. The van der Waals surface area contributed by atoms with E-state index in [1.165, 1.54) is 21.0 Å². The summed E-state index contributed by atoms with van der Waals surface area (Å²) in [6.07, 6.45) is -0.214. The molecule has 2 N–H and O–H groups in total. The predicted octanol–water partition coefficient (Wildman–Crippen LogP) is -0.739. The molecule has 0 aliphatic heterocycles. The average molecular weight is 263 g/mol. The molecule has 10 heteroatoms. The summed E-state index contributed by atoms with van der Waals surface area (Å²) in [5, 5.41) is 14.3. The lowest BCUT2D eigenvalue weighted by atomic mass is 10.3. The van der Waals surface area contributed by atoms with Gasteiger partial charge in [-0.2, -0.15) is 12.7 Å². The van der Waals surface area contributed by atoms with Crippen LogP contribution in [0.15, 0.2) is 6.33 Å². The summed E-state index contributed by atoms with van der Waals surface area (Å²) < 4.78 is 24.9. The number of rotatable bonds is 4. The van der Waals surface area contributed by atoms with Gasteiger partial charge in [0.15, 0.2) is 5.82 Å². The molecule has 0 saturated carbocycles. The molecule has 1 aromatic rings. The second-order valence-corrected chi connectivity index (χ2v) is 5.44. The van der Waals surface area contributed by atoms with Crippen LogP contribution in [0.3, 0.4) is 0 Å². The topological polar surface area (TPSA) is 117 Å². The van der Waals surface area contributed by atoms with Crippen molar-refractivity contribution < 1.29 is 18.3 Å². The number of amides is 1. The molecule has 1 aromatic heterocycles. The molecule has 1 atom stereocenters. The van der Waals surface area contributed by atoms with Crippen LogP contribution in [0.1, 0.15) is 18.8 Å². The normalized spacial score (nSPS) is 13.6. The van der Waals surface area contributed by atoms with E-state index in [9.17, 15) is 13.2 Å². The van der Waals surface area contributed by atoms with Crippen molar-refractivity contribution in [1.29, 1.82) is 0 Å². The first-order valence-electron chi connectivity index (χ1n) is 4.59. The van der Waals surface area contributed by atoms with E-state index in [0.717, 1.165) is 10.6 Å². The zero-order chi connectivity index (χ0) is 13.2. The number of hydrogen-bond donors (Lipinski definition) is 2. The van der Waals surface area contributed by atoms with Crippen molar-refractivity contribution in [3.8, 4) is 0 Å². The van der Waals surface area contributed by atoms with E-state index in [2.05, 4.69) is 15.4 Å². The van der Waals surface area contributed by atoms with Crippen LogP contribution in [0.2, 0.25) is 0 Å². The molecule has 1 unspecified atom stereocenters. The molecule has 17 heavy (non-hydrogen) atoms. The van der Waals surface area contributed by atoms with Gasteiger partial charge in [0, 0.05) is 14.1 Å². The molecular formula is C7H13N5O4S. The smallest absolute Gasteiger partial charge is 0.405 e. The van der Waals surface area contributed by atoms with Crippen molar-refractivity contribution in [2.45, 2.75) is 13.0 Å². The van der Waals surface area contributed by atoms with Gasteiger partial charge in [-0.3, -0.25) is 0 Å². The molecule has 1 rings (SSSR count). The summed E-state index contributed by atoms with van der Waals surface area (Å²) in [7, 11) is -1.00. The number of nitrogens with one attached hydrogen (secondary N) is 1. The van der Waals surface area contributed by atoms with Gasteiger partial charge in [0.1, 0.15) is 6.33 Å². The molecule has 1 heterocycles. The van der Waals surface area contributed by atoms with E-state index in [1.807, 2.05) is 0 Å². The molecule has 0 spiro atoms. The van der Waals surface area contributed by atoms with E-state index < -0.39 is 22.3 Å². The standard InChI is InChI=1S/C7H13N5O4S/c1-5(9-7(13)14)6-8-4-12(10-6)17(15,16)11(2)3/h4-5,9H,1-3H3,(H,13,14). The predicted molar refractivity (Wildman–Crippen MR) is 57.6 cm³/mol. The van der Waals surface area contributed by atoms with Crippen LogP contribution in [-0.4, -0.2) is 52.2 Å². The first-order valence-corrected chi connectivity index (χ1v) is 5.99. The van der Waals surface area contributed by atoms with E-state index in [1.54, 1.807) is 0 Å². The number of carbonyl (C=O) groups is 1. The van der Waals surface area contributed by atoms with Gasteiger partial charge in [-0.1, -0.05) is 0 Å². The van der Waals surface area contributed by atoms with E-state index in [-0.39, 0.29) is 5.82 Å². The largest absolute Gasteiger partial charge is 0.465 e. The number of aromatic nitrogens is 3. The quantitative estimate of drug-likeness (QED) is 0.738. The van der Waals surface area contributed by atoms with Gasteiger partial charge in [0.25, 0.3) is 0 Å². The molecule has 0 aliphatic carbocycles. The molecule has 0 aliphatic rings. The highest BCUT2D eigenvalue weighted by Crippen LogP contribution is 2.07. The molecule has 0 aromatic carbocycles. The maximum Gasteiger partial charge on any atom is 0.405 e. The Morgan fingerprint density at radius 1 is 1.59 bits per heavy atom. The number of hydrogen-bond acceptors (Lipinski definition) is 5. The minimum absolute atomic E-state index is 0.0813. The monoisotopic (exact) mass is 263 g/mol. The summed E-state index contributed by atoms with van der Waals surface area (Å²) in [5.74, 6) is 0.0813. The lowest BCUT2D eigenvalue weighted by molar-refractivity contribution is 0.190. The highest BCUT2D eigenvalue weighted by atomic mass is 32.2. The molecule has 0 bridgehead atoms. The van der Waals surface area contributed by atoms with Gasteiger partial charge in [0.05, 0.1) is 6.04 Å². The van der Waals surface area contributed by atoms with Crippen LogP contribution in [0.4, 0.5) is 4.79 Å². The van der Waals surface area contributed by atoms with E-state index in [4.69, 9.17) is 5.11 Å². The Bertz CT molecular complexity index is 508. The fraction of sp³-hybridized carbons (Fsp3) is 0.571. The first kappa shape index (κ1) is 13.4. The lowest BCUT2D eigenvalue weighted by Crippen LogP contribution is -2.30. The summed E-state index contributed by atoms with van der Waals surface area (Å²) >= 11 is 0. The van der Waals surface area contributed by atoms with Crippen molar-refractivity contribution in [2.24, 2.45) is 0 Å². The van der Waals surface area contributed by atoms with Gasteiger partial charge in [-0.05, 0) is 6.92 Å². The third kappa shape index (κ3) is 2.91. The minimum Gasteiger partial charge on any atom is -0.465 e. The van der Waals surface area contributed by atoms with Gasteiger partial charge < -0.3 is 10.4 Å². The number of nitrogens with zero attached hydrogens (tertiary/aromatic N) is 4. The summed E-state index contributed by atoms with van der Waals surface area (Å²) in [6.45, 7) is 1.51. The van der Waals surface area contributed by atoms with Crippen LogP contribution < -0.4 is 5.32 Å². The maximum atomic E-state index is 11.6. The van der Waals surface area contributed by atoms with Crippen molar-refractivity contribution in [3.05, 3.63) is 12.2 Å². The van der Waals surface area contributed by atoms with E-state index >= 15 is 0 Å². The van der Waals surface area contributed by atoms with Gasteiger partial charge in [-0.25, -0.2) is 9.78 Å². The Kier molecular flexibility index (Phi) is 3.68. The summed E-state index contributed by atoms with van der Waals surface area (Å²) in [4.78, 5) is 14.1.